The zero-order valence-corrected chi connectivity index (χ0v) is 20.3. The third-order valence-corrected chi connectivity index (χ3v) is 6.96. The number of rotatable bonds is 3. The van der Waals surface area contributed by atoms with E-state index < -0.39 is 0 Å². The van der Waals surface area contributed by atoms with Crippen LogP contribution in [0.15, 0.2) is 41.1 Å². The molecule has 6 heteroatoms. The van der Waals surface area contributed by atoms with E-state index in [-0.39, 0.29) is 5.41 Å². The Morgan fingerprint density at radius 1 is 1.21 bits per heavy atom. The Balaban J connectivity index is 1.87. The van der Waals surface area contributed by atoms with Crippen molar-refractivity contribution in [2.45, 2.75) is 45.6 Å². The summed E-state index contributed by atoms with van der Waals surface area (Å²) in [6, 6.07) is 11.0. The lowest BCUT2D eigenvalue weighted by molar-refractivity contribution is 0.315. The predicted molar refractivity (Wildman–Crippen MR) is 133 cm³/mol. The van der Waals surface area contributed by atoms with Gasteiger partial charge in [0.2, 0.25) is 0 Å². The molecule has 0 amide bonds. The van der Waals surface area contributed by atoms with Gasteiger partial charge in [-0.1, -0.05) is 39.0 Å². The van der Waals surface area contributed by atoms with Gasteiger partial charge in [0.1, 0.15) is 17.5 Å². The molecular weight excluding hydrogens is 410 g/mol. The summed E-state index contributed by atoms with van der Waals surface area (Å²) in [5, 5.41) is 11.2. The number of hydrogen-bond donors (Lipinski definition) is 0. The maximum atomic E-state index is 10.2. The molecule has 1 fully saturated rings. The summed E-state index contributed by atoms with van der Waals surface area (Å²) in [4.78, 5) is 9.72. The molecule has 3 aromatic heterocycles. The summed E-state index contributed by atoms with van der Waals surface area (Å²) in [6.45, 7) is 10.4. The van der Waals surface area contributed by atoms with E-state index in [1.165, 1.54) is 0 Å². The minimum atomic E-state index is -0.121. The van der Waals surface area contributed by atoms with Crippen LogP contribution in [-0.2, 0) is 5.41 Å². The number of para-hydroxylation sites is 1. The van der Waals surface area contributed by atoms with Crippen molar-refractivity contribution in [3.63, 3.8) is 0 Å². The molecule has 1 atom stereocenters. The number of anilines is 1. The number of furan rings is 1. The summed E-state index contributed by atoms with van der Waals surface area (Å²) in [5.74, 6) is 1.10. The molecule has 1 aromatic carbocycles. The van der Waals surface area contributed by atoms with Crippen molar-refractivity contribution >= 4 is 22.4 Å². The lowest BCUT2D eigenvalue weighted by Crippen LogP contribution is -2.32. The standard InChI is InChI=1S/C27H31N5O/c1-17-20(13-28)25-29-23(27(2,3)4)15-32(25)26(31-12-11-18(14-31)30(5)6)24(17)21-16-33-22-10-8-7-9-19(21)22/h7-10,15-16,18H,11-12,14H2,1-6H3. The molecule has 0 radical (unpaired) electrons. The van der Waals surface area contributed by atoms with Crippen LogP contribution in [0.25, 0.3) is 27.7 Å². The van der Waals surface area contributed by atoms with Crippen molar-refractivity contribution in [2.24, 2.45) is 0 Å². The van der Waals surface area contributed by atoms with Gasteiger partial charge < -0.3 is 14.2 Å². The number of pyridine rings is 1. The molecule has 1 aliphatic heterocycles. The first-order valence-electron chi connectivity index (χ1n) is 11.5. The topological polar surface area (TPSA) is 60.7 Å². The highest BCUT2D eigenvalue weighted by atomic mass is 16.3. The average Bonchev–Trinajstić information content (AvgIpc) is 3.50. The van der Waals surface area contributed by atoms with Crippen molar-refractivity contribution in [1.82, 2.24) is 14.3 Å². The van der Waals surface area contributed by atoms with E-state index >= 15 is 0 Å². The van der Waals surface area contributed by atoms with E-state index in [0.717, 1.165) is 64.3 Å². The maximum Gasteiger partial charge on any atom is 0.156 e. The SMILES string of the molecule is Cc1c(-c2coc3ccccc23)c(N2CCC(N(C)C)C2)n2cc(C(C)(C)C)nc2c1C#N. The van der Waals surface area contributed by atoms with Gasteiger partial charge >= 0.3 is 0 Å². The van der Waals surface area contributed by atoms with Gasteiger partial charge in [-0.2, -0.15) is 5.26 Å². The summed E-state index contributed by atoms with van der Waals surface area (Å²) in [6.07, 6.45) is 5.06. The highest BCUT2D eigenvalue weighted by Crippen LogP contribution is 2.43. The number of fused-ring (bicyclic) bond motifs is 2. The molecule has 0 spiro atoms. The van der Waals surface area contributed by atoms with Crippen molar-refractivity contribution in [3.8, 4) is 17.2 Å². The quantitative estimate of drug-likeness (QED) is 0.428. The van der Waals surface area contributed by atoms with E-state index in [1.807, 2.05) is 31.4 Å². The van der Waals surface area contributed by atoms with E-state index in [1.54, 1.807) is 0 Å². The molecule has 170 valence electrons. The van der Waals surface area contributed by atoms with Crippen LogP contribution >= 0.6 is 0 Å². The second-order valence-corrected chi connectivity index (χ2v) is 10.4. The Morgan fingerprint density at radius 2 is 1.97 bits per heavy atom. The second-order valence-electron chi connectivity index (χ2n) is 10.4. The smallest absolute Gasteiger partial charge is 0.156 e. The molecule has 4 aromatic rings. The van der Waals surface area contributed by atoms with Crippen LogP contribution in [0, 0.1) is 18.3 Å². The van der Waals surface area contributed by atoms with Gasteiger partial charge in [0, 0.05) is 47.3 Å². The van der Waals surface area contributed by atoms with Gasteiger partial charge in [0.15, 0.2) is 5.65 Å². The Kier molecular flexibility index (Phi) is 4.98. The van der Waals surface area contributed by atoms with E-state index in [9.17, 15) is 5.26 Å². The minimum absolute atomic E-state index is 0.121. The molecule has 5 rings (SSSR count). The molecule has 0 aliphatic carbocycles. The Morgan fingerprint density at radius 3 is 2.64 bits per heavy atom. The van der Waals surface area contributed by atoms with Gasteiger partial charge in [0.25, 0.3) is 0 Å². The first-order chi connectivity index (χ1) is 15.7. The van der Waals surface area contributed by atoms with E-state index in [2.05, 4.69) is 67.4 Å². The van der Waals surface area contributed by atoms with Crippen LogP contribution in [-0.4, -0.2) is 47.5 Å². The highest BCUT2D eigenvalue weighted by Gasteiger charge is 2.32. The van der Waals surface area contributed by atoms with Crippen molar-refractivity contribution in [3.05, 3.63) is 53.5 Å². The Hall–Kier alpha value is -3.30. The van der Waals surface area contributed by atoms with Gasteiger partial charge in [0.05, 0.1) is 17.5 Å². The zero-order chi connectivity index (χ0) is 23.5. The molecule has 4 heterocycles. The molecule has 33 heavy (non-hydrogen) atoms. The third kappa shape index (κ3) is 3.39. The number of aromatic nitrogens is 2. The van der Waals surface area contributed by atoms with Crippen LogP contribution in [0.3, 0.4) is 0 Å². The fourth-order valence-electron chi connectivity index (χ4n) is 4.95. The fraction of sp³-hybridized carbons (Fsp3) is 0.407. The van der Waals surface area contributed by atoms with Crippen molar-refractivity contribution < 1.29 is 4.42 Å². The molecule has 0 saturated carbocycles. The van der Waals surface area contributed by atoms with Crippen LogP contribution in [0.4, 0.5) is 5.82 Å². The van der Waals surface area contributed by atoms with Crippen LogP contribution in [0.2, 0.25) is 0 Å². The zero-order valence-electron chi connectivity index (χ0n) is 20.3. The Labute approximate surface area is 195 Å². The van der Waals surface area contributed by atoms with Gasteiger partial charge in [-0.15, -0.1) is 0 Å². The number of nitrogens with zero attached hydrogens (tertiary/aromatic N) is 5. The molecule has 0 bridgehead atoms. The number of benzene rings is 1. The average molecular weight is 442 g/mol. The fourth-order valence-corrected chi connectivity index (χ4v) is 4.95. The monoisotopic (exact) mass is 441 g/mol. The number of imidazole rings is 1. The summed E-state index contributed by atoms with van der Waals surface area (Å²) >= 11 is 0. The number of hydrogen-bond acceptors (Lipinski definition) is 5. The van der Waals surface area contributed by atoms with E-state index in [0.29, 0.717) is 11.6 Å². The Bertz CT molecular complexity index is 1400. The van der Waals surface area contributed by atoms with Crippen LogP contribution in [0.1, 0.15) is 44.0 Å². The van der Waals surface area contributed by atoms with E-state index in [4.69, 9.17) is 9.40 Å². The predicted octanol–water partition coefficient (Wildman–Crippen LogP) is 5.37. The number of likely N-dealkylation sites (N-methyl/N-ethyl adjacent to an activating group) is 1. The summed E-state index contributed by atoms with van der Waals surface area (Å²) < 4.78 is 8.10. The summed E-state index contributed by atoms with van der Waals surface area (Å²) in [5.41, 5.74) is 6.10. The van der Waals surface area contributed by atoms with Crippen LogP contribution < -0.4 is 4.90 Å². The summed E-state index contributed by atoms with van der Waals surface area (Å²) in [7, 11) is 4.29. The third-order valence-electron chi connectivity index (χ3n) is 6.96. The first-order valence-corrected chi connectivity index (χ1v) is 11.5. The number of nitriles is 1. The molecule has 1 aliphatic rings. The maximum absolute atomic E-state index is 10.2. The lowest BCUT2D eigenvalue weighted by Gasteiger charge is -2.26. The largest absolute Gasteiger partial charge is 0.464 e. The minimum Gasteiger partial charge on any atom is -0.464 e. The van der Waals surface area contributed by atoms with Gasteiger partial charge in [-0.05, 0) is 39.1 Å². The van der Waals surface area contributed by atoms with Gasteiger partial charge in [-0.3, -0.25) is 4.40 Å². The molecular formula is C27H31N5O. The lowest BCUT2D eigenvalue weighted by atomic mass is 9.93. The van der Waals surface area contributed by atoms with Crippen molar-refractivity contribution in [2.75, 3.05) is 32.1 Å². The first kappa shape index (κ1) is 21.5. The van der Waals surface area contributed by atoms with Crippen LogP contribution in [0.5, 0.6) is 0 Å². The van der Waals surface area contributed by atoms with Crippen molar-refractivity contribution in [1.29, 1.82) is 5.26 Å². The molecule has 1 saturated heterocycles. The highest BCUT2D eigenvalue weighted by molar-refractivity contribution is 5.99. The second kappa shape index (κ2) is 7.64. The van der Waals surface area contributed by atoms with Gasteiger partial charge in [-0.25, -0.2) is 4.98 Å². The molecule has 6 nitrogen and oxygen atoms in total. The molecule has 1 unspecified atom stereocenters. The normalized spacial score (nSPS) is 16.9. The molecule has 0 N–H and O–H groups in total.